The van der Waals surface area contributed by atoms with Crippen LogP contribution < -0.4 is 10.6 Å². The number of aryl methyl sites for hydroxylation is 3. The van der Waals surface area contributed by atoms with Crippen molar-refractivity contribution in [2.75, 3.05) is 10.6 Å². The summed E-state index contributed by atoms with van der Waals surface area (Å²) in [6.45, 7) is 5.98. The predicted molar refractivity (Wildman–Crippen MR) is 115 cm³/mol. The number of hydrogen-bond acceptors (Lipinski definition) is 4. The van der Waals surface area contributed by atoms with E-state index in [-0.39, 0.29) is 18.2 Å². The van der Waals surface area contributed by atoms with Gasteiger partial charge in [0, 0.05) is 21.7 Å². The van der Waals surface area contributed by atoms with E-state index in [1.54, 1.807) is 29.6 Å². The van der Waals surface area contributed by atoms with Gasteiger partial charge in [0.2, 0.25) is 5.91 Å². The standard InChI is InChI=1S/C21H20ClN3O2S/c1-12-8-13(2)19(14(3)9-12)24-18(26)10-17-11-28-21(23-17)25-20(27)15-4-6-16(22)7-5-15/h4-9,11H,10H2,1-3H3,(H,24,26)(H,23,25,27). The Balaban J connectivity index is 1.62. The number of benzene rings is 2. The molecule has 0 atom stereocenters. The van der Waals surface area contributed by atoms with Crippen molar-refractivity contribution in [3.05, 3.63) is 74.7 Å². The molecule has 0 saturated carbocycles. The van der Waals surface area contributed by atoms with Crippen LogP contribution in [0.1, 0.15) is 32.7 Å². The van der Waals surface area contributed by atoms with Gasteiger partial charge in [-0.25, -0.2) is 4.98 Å². The van der Waals surface area contributed by atoms with Crippen LogP contribution in [0.3, 0.4) is 0 Å². The summed E-state index contributed by atoms with van der Waals surface area (Å²) in [6, 6.07) is 10.7. The summed E-state index contributed by atoms with van der Waals surface area (Å²) in [5, 5.41) is 8.49. The van der Waals surface area contributed by atoms with E-state index in [1.807, 2.05) is 32.9 Å². The Morgan fingerprint density at radius 2 is 1.68 bits per heavy atom. The smallest absolute Gasteiger partial charge is 0.257 e. The quantitative estimate of drug-likeness (QED) is 0.607. The van der Waals surface area contributed by atoms with Crippen LogP contribution in [0.2, 0.25) is 5.02 Å². The van der Waals surface area contributed by atoms with Crippen molar-refractivity contribution in [3.63, 3.8) is 0 Å². The summed E-state index contributed by atoms with van der Waals surface area (Å²) < 4.78 is 0. The van der Waals surface area contributed by atoms with Crippen molar-refractivity contribution < 1.29 is 9.59 Å². The van der Waals surface area contributed by atoms with Crippen LogP contribution in [0.15, 0.2) is 41.8 Å². The number of anilines is 2. The summed E-state index contributed by atoms with van der Waals surface area (Å²) in [7, 11) is 0. The highest BCUT2D eigenvalue weighted by molar-refractivity contribution is 7.14. The number of hydrogen-bond donors (Lipinski definition) is 2. The lowest BCUT2D eigenvalue weighted by molar-refractivity contribution is -0.115. The number of amides is 2. The Kier molecular flexibility index (Phi) is 6.11. The maximum atomic E-state index is 12.4. The van der Waals surface area contributed by atoms with E-state index < -0.39 is 0 Å². The van der Waals surface area contributed by atoms with Crippen molar-refractivity contribution in [1.82, 2.24) is 4.98 Å². The fourth-order valence-electron chi connectivity index (χ4n) is 2.94. The van der Waals surface area contributed by atoms with Crippen molar-refractivity contribution in [2.45, 2.75) is 27.2 Å². The highest BCUT2D eigenvalue weighted by atomic mass is 35.5. The maximum absolute atomic E-state index is 12.4. The number of carbonyl (C=O) groups excluding carboxylic acids is 2. The zero-order valence-electron chi connectivity index (χ0n) is 15.8. The Morgan fingerprint density at radius 3 is 2.32 bits per heavy atom. The highest BCUT2D eigenvalue weighted by Gasteiger charge is 2.13. The first-order valence-corrected chi connectivity index (χ1v) is 9.96. The third-order valence-electron chi connectivity index (χ3n) is 4.16. The summed E-state index contributed by atoms with van der Waals surface area (Å²) in [4.78, 5) is 29.0. The van der Waals surface area contributed by atoms with Gasteiger partial charge in [0.05, 0.1) is 12.1 Å². The minimum Gasteiger partial charge on any atom is -0.325 e. The van der Waals surface area contributed by atoms with Gasteiger partial charge in [-0.05, 0) is 56.2 Å². The average Bonchev–Trinajstić information content (AvgIpc) is 3.05. The second-order valence-corrected chi connectivity index (χ2v) is 7.90. The number of rotatable bonds is 5. The lowest BCUT2D eigenvalue weighted by Crippen LogP contribution is -2.16. The molecule has 144 valence electrons. The van der Waals surface area contributed by atoms with Gasteiger partial charge in [0.25, 0.3) is 5.91 Å². The first kappa shape index (κ1) is 20.0. The first-order valence-electron chi connectivity index (χ1n) is 8.71. The molecule has 0 spiro atoms. The lowest BCUT2D eigenvalue weighted by atomic mass is 10.0. The Bertz CT molecular complexity index is 1010. The third kappa shape index (κ3) is 4.97. The highest BCUT2D eigenvalue weighted by Crippen LogP contribution is 2.23. The number of aromatic nitrogens is 1. The number of thiazole rings is 1. The zero-order chi connectivity index (χ0) is 20.3. The van der Waals surface area contributed by atoms with Crippen LogP contribution >= 0.6 is 22.9 Å². The number of nitrogens with one attached hydrogen (secondary N) is 2. The first-order chi connectivity index (χ1) is 13.3. The van der Waals surface area contributed by atoms with Gasteiger partial charge >= 0.3 is 0 Å². The van der Waals surface area contributed by atoms with Crippen LogP contribution in [-0.2, 0) is 11.2 Å². The molecule has 0 aliphatic heterocycles. The van der Waals surface area contributed by atoms with Crippen molar-refractivity contribution in [2.24, 2.45) is 0 Å². The Morgan fingerprint density at radius 1 is 1.04 bits per heavy atom. The molecule has 28 heavy (non-hydrogen) atoms. The second-order valence-electron chi connectivity index (χ2n) is 6.60. The molecule has 1 aromatic heterocycles. The van der Waals surface area contributed by atoms with Gasteiger partial charge in [0.15, 0.2) is 5.13 Å². The van der Waals surface area contributed by atoms with Crippen LogP contribution in [0.25, 0.3) is 0 Å². The van der Waals surface area contributed by atoms with Gasteiger partial charge in [-0.15, -0.1) is 11.3 Å². The second kappa shape index (κ2) is 8.54. The molecule has 0 unspecified atom stereocenters. The zero-order valence-corrected chi connectivity index (χ0v) is 17.4. The van der Waals surface area contributed by atoms with Crippen molar-refractivity contribution in [3.8, 4) is 0 Å². The van der Waals surface area contributed by atoms with E-state index in [0.29, 0.717) is 21.4 Å². The maximum Gasteiger partial charge on any atom is 0.257 e. The van der Waals surface area contributed by atoms with Gasteiger partial charge < -0.3 is 5.32 Å². The molecular formula is C21H20ClN3O2S. The molecular weight excluding hydrogens is 394 g/mol. The fraction of sp³-hybridized carbons (Fsp3) is 0.190. The molecule has 0 aliphatic carbocycles. The Hall–Kier alpha value is -2.70. The molecule has 0 bridgehead atoms. The lowest BCUT2D eigenvalue weighted by Gasteiger charge is -2.12. The van der Waals surface area contributed by atoms with Crippen LogP contribution in [0, 0.1) is 20.8 Å². The molecule has 0 radical (unpaired) electrons. The molecule has 3 aromatic rings. The van der Waals surface area contributed by atoms with Crippen LogP contribution in [-0.4, -0.2) is 16.8 Å². The van der Waals surface area contributed by atoms with Crippen LogP contribution in [0.5, 0.6) is 0 Å². The van der Waals surface area contributed by atoms with Gasteiger partial charge in [-0.2, -0.15) is 0 Å². The molecule has 0 fully saturated rings. The minimum absolute atomic E-state index is 0.139. The van der Waals surface area contributed by atoms with E-state index in [1.165, 1.54) is 11.3 Å². The summed E-state index contributed by atoms with van der Waals surface area (Å²) >= 11 is 7.12. The summed E-state index contributed by atoms with van der Waals surface area (Å²) in [6.07, 6.45) is 0.139. The van der Waals surface area contributed by atoms with Gasteiger partial charge in [0.1, 0.15) is 0 Å². The predicted octanol–water partition coefficient (Wildman–Crippen LogP) is 5.16. The van der Waals surface area contributed by atoms with Crippen LogP contribution in [0.4, 0.5) is 10.8 Å². The minimum atomic E-state index is -0.270. The van der Waals surface area contributed by atoms with E-state index in [0.717, 1.165) is 22.4 Å². The number of carbonyl (C=O) groups is 2. The normalized spacial score (nSPS) is 10.6. The third-order valence-corrected chi connectivity index (χ3v) is 5.22. The van der Waals surface area contributed by atoms with E-state index >= 15 is 0 Å². The molecule has 2 amide bonds. The molecule has 7 heteroatoms. The summed E-state index contributed by atoms with van der Waals surface area (Å²) in [5.74, 6) is -0.413. The fourth-order valence-corrected chi connectivity index (χ4v) is 3.77. The molecule has 0 aliphatic rings. The van der Waals surface area contributed by atoms with E-state index in [4.69, 9.17) is 11.6 Å². The average molecular weight is 414 g/mol. The molecule has 2 N–H and O–H groups in total. The molecule has 0 saturated heterocycles. The topological polar surface area (TPSA) is 71.1 Å². The van der Waals surface area contributed by atoms with Crippen molar-refractivity contribution in [1.29, 1.82) is 0 Å². The monoisotopic (exact) mass is 413 g/mol. The van der Waals surface area contributed by atoms with Crippen molar-refractivity contribution >= 4 is 45.6 Å². The van der Waals surface area contributed by atoms with Gasteiger partial charge in [-0.3, -0.25) is 14.9 Å². The number of halogens is 1. The molecule has 3 rings (SSSR count). The molecule has 5 nitrogen and oxygen atoms in total. The SMILES string of the molecule is Cc1cc(C)c(NC(=O)Cc2csc(NC(=O)c3ccc(Cl)cc3)n2)c(C)c1. The van der Waals surface area contributed by atoms with E-state index in [2.05, 4.69) is 15.6 Å². The molecule has 1 heterocycles. The van der Waals surface area contributed by atoms with E-state index in [9.17, 15) is 9.59 Å². The number of nitrogens with zero attached hydrogens (tertiary/aromatic N) is 1. The summed E-state index contributed by atoms with van der Waals surface area (Å²) in [5.41, 5.74) is 5.15. The molecule has 2 aromatic carbocycles. The van der Waals surface area contributed by atoms with Gasteiger partial charge in [-0.1, -0.05) is 29.3 Å². The largest absolute Gasteiger partial charge is 0.325 e. The Labute approximate surface area is 172 Å².